The second kappa shape index (κ2) is 8.10. The fourth-order valence-corrected chi connectivity index (χ4v) is 2.58. The third kappa shape index (κ3) is 5.06. The minimum atomic E-state index is -1.11. The predicted molar refractivity (Wildman–Crippen MR) is 83.7 cm³/mol. The van der Waals surface area contributed by atoms with Crippen molar-refractivity contribution in [2.45, 2.75) is 44.2 Å². The van der Waals surface area contributed by atoms with Gasteiger partial charge in [0, 0.05) is 25.5 Å². The zero-order valence-electron chi connectivity index (χ0n) is 13.0. The highest BCUT2D eigenvalue weighted by Crippen LogP contribution is 2.25. The molecule has 1 fully saturated rings. The zero-order valence-corrected chi connectivity index (χ0v) is 13.0. The molecule has 3 N–H and O–H groups in total. The molecular weight excluding hydrogens is 300 g/mol. The number of aliphatic hydroxyl groups is 2. The molecule has 0 saturated heterocycles. The quantitative estimate of drug-likeness (QED) is 0.557. The standard InChI is InChI=1S/C17H22O6/c1-2-22-13-9-14(19)17(21)15(10-13)23-16(20)8-5-11-3-6-12(18)7-4-11/h3-8,13-15,17-19,21H,2,9-10H2,1H3/b8-5+/t13-,14-,15+,17+/m0/s1. The van der Waals surface area contributed by atoms with Crippen LogP contribution in [0.2, 0.25) is 0 Å². The molecule has 126 valence electrons. The summed E-state index contributed by atoms with van der Waals surface area (Å²) in [6, 6.07) is 6.34. The van der Waals surface area contributed by atoms with Crippen molar-refractivity contribution < 1.29 is 29.6 Å². The van der Waals surface area contributed by atoms with Crippen LogP contribution in [0.3, 0.4) is 0 Å². The lowest BCUT2D eigenvalue weighted by Crippen LogP contribution is -2.48. The van der Waals surface area contributed by atoms with Crippen molar-refractivity contribution in [2.24, 2.45) is 0 Å². The summed E-state index contributed by atoms with van der Waals surface area (Å²) in [7, 11) is 0. The summed E-state index contributed by atoms with van der Waals surface area (Å²) in [5, 5.41) is 29.0. The van der Waals surface area contributed by atoms with E-state index in [0.717, 1.165) is 5.56 Å². The van der Waals surface area contributed by atoms with Crippen LogP contribution in [-0.4, -0.2) is 52.3 Å². The van der Waals surface area contributed by atoms with Crippen molar-refractivity contribution in [1.82, 2.24) is 0 Å². The smallest absolute Gasteiger partial charge is 0.331 e. The minimum Gasteiger partial charge on any atom is -0.508 e. The molecule has 0 bridgehead atoms. The van der Waals surface area contributed by atoms with E-state index in [1.54, 1.807) is 18.2 Å². The number of rotatable bonds is 5. The molecule has 0 spiro atoms. The van der Waals surface area contributed by atoms with Crippen LogP contribution in [0.1, 0.15) is 25.3 Å². The summed E-state index contributed by atoms with van der Waals surface area (Å²) >= 11 is 0. The molecule has 0 radical (unpaired) electrons. The minimum absolute atomic E-state index is 0.144. The van der Waals surface area contributed by atoms with Gasteiger partial charge in [0.2, 0.25) is 0 Å². The highest BCUT2D eigenvalue weighted by atomic mass is 16.6. The third-order valence-corrected chi connectivity index (χ3v) is 3.75. The van der Waals surface area contributed by atoms with Gasteiger partial charge in [-0.15, -0.1) is 0 Å². The molecule has 0 amide bonds. The Kier molecular flexibility index (Phi) is 6.15. The van der Waals surface area contributed by atoms with E-state index in [4.69, 9.17) is 9.47 Å². The van der Waals surface area contributed by atoms with Crippen molar-refractivity contribution in [3.8, 4) is 5.75 Å². The van der Waals surface area contributed by atoms with E-state index in [2.05, 4.69) is 0 Å². The number of aliphatic hydroxyl groups excluding tert-OH is 2. The largest absolute Gasteiger partial charge is 0.508 e. The van der Waals surface area contributed by atoms with Gasteiger partial charge in [0.1, 0.15) is 18.0 Å². The van der Waals surface area contributed by atoms with Gasteiger partial charge in [-0.3, -0.25) is 0 Å². The average Bonchev–Trinajstić information content (AvgIpc) is 2.52. The fraction of sp³-hybridized carbons (Fsp3) is 0.471. The number of hydrogen-bond donors (Lipinski definition) is 3. The Bertz CT molecular complexity index is 539. The summed E-state index contributed by atoms with van der Waals surface area (Å²) in [5.41, 5.74) is 0.733. The number of carbonyl (C=O) groups excluding carboxylic acids is 1. The van der Waals surface area contributed by atoms with E-state index < -0.39 is 24.3 Å². The normalized spacial score (nSPS) is 28.0. The molecule has 4 atom stereocenters. The van der Waals surface area contributed by atoms with Crippen molar-refractivity contribution in [3.05, 3.63) is 35.9 Å². The maximum absolute atomic E-state index is 11.9. The summed E-state index contributed by atoms with van der Waals surface area (Å²) in [5.74, 6) is -0.461. The lowest BCUT2D eigenvalue weighted by molar-refractivity contribution is -0.170. The summed E-state index contributed by atoms with van der Waals surface area (Å²) in [4.78, 5) is 11.9. The summed E-state index contributed by atoms with van der Waals surface area (Å²) in [6.45, 7) is 2.34. The van der Waals surface area contributed by atoms with Gasteiger partial charge < -0.3 is 24.8 Å². The Labute approximate surface area is 135 Å². The second-order valence-corrected chi connectivity index (χ2v) is 5.51. The highest BCUT2D eigenvalue weighted by Gasteiger charge is 2.38. The molecule has 1 aromatic rings. The number of phenolic OH excluding ortho intramolecular Hbond substituents is 1. The maximum atomic E-state index is 11.9. The first kappa shape index (κ1) is 17.5. The van der Waals surface area contributed by atoms with Gasteiger partial charge in [0.15, 0.2) is 0 Å². The van der Waals surface area contributed by atoms with Crippen LogP contribution in [0, 0.1) is 0 Å². The van der Waals surface area contributed by atoms with Gasteiger partial charge in [0.05, 0.1) is 12.2 Å². The van der Waals surface area contributed by atoms with Crippen molar-refractivity contribution in [1.29, 1.82) is 0 Å². The molecule has 1 aliphatic carbocycles. The fourth-order valence-electron chi connectivity index (χ4n) is 2.58. The van der Waals surface area contributed by atoms with Crippen LogP contribution < -0.4 is 0 Å². The van der Waals surface area contributed by atoms with Crippen LogP contribution in [-0.2, 0) is 14.3 Å². The lowest BCUT2D eigenvalue weighted by atomic mass is 9.89. The molecule has 1 aromatic carbocycles. The molecule has 0 unspecified atom stereocenters. The average molecular weight is 322 g/mol. The van der Waals surface area contributed by atoms with Crippen LogP contribution in [0.15, 0.2) is 30.3 Å². The number of benzene rings is 1. The number of hydrogen-bond acceptors (Lipinski definition) is 6. The molecule has 0 heterocycles. The van der Waals surface area contributed by atoms with E-state index in [9.17, 15) is 20.1 Å². The van der Waals surface area contributed by atoms with Gasteiger partial charge in [0.25, 0.3) is 0 Å². The van der Waals surface area contributed by atoms with Crippen molar-refractivity contribution >= 4 is 12.0 Å². The predicted octanol–water partition coefficient (Wildman–Crippen LogP) is 1.24. The number of phenols is 1. The Morgan fingerprint density at radius 1 is 1.26 bits per heavy atom. The van der Waals surface area contributed by atoms with Gasteiger partial charge >= 0.3 is 5.97 Å². The van der Waals surface area contributed by atoms with E-state index in [1.165, 1.54) is 18.2 Å². The van der Waals surface area contributed by atoms with E-state index in [0.29, 0.717) is 19.4 Å². The molecule has 6 heteroatoms. The molecule has 6 nitrogen and oxygen atoms in total. The summed E-state index contributed by atoms with van der Waals surface area (Å²) < 4.78 is 10.7. The monoisotopic (exact) mass is 322 g/mol. The molecule has 1 saturated carbocycles. The van der Waals surface area contributed by atoms with Crippen LogP contribution >= 0.6 is 0 Å². The van der Waals surface area contributed by atoms with Crippen LogP contribution in [0.4, 0.5) is 0 Å². The number of carbonyl (C=O) groups is 1. The first-order valence-corrected chi connectivity index (χ1v) is 7.65. The number of aromatic hydroxyl groups is 1. The molecular formula is C17H22O6. The molecule has 0 aromatic heterocycles. The molecule has 0 aliphatic heterocycles. The topological polar surface area (TPSA) is 96.2 Å². The molecule has 1 aliphatic rings. The zero-order chi connectivity index (χ0) is 16.8. The number of esters is 1. The van der Waals surface area contributed by atoms with Crippen LogP contribution in [0.5, 0.6) is 5.75 Å². The first-order valence-electron chi connectivity index (χ1n) is 7.65. The van der Waals surface area contributed by atoms with Crippen molar-refractivity contribution in [2.75, 3.05) is 6.61 Å². The van der Waals surface area contributed by atoms with E-state index in [-0.39, 0.29) is 11.9 Å². The molecule has 23 heavy (non-hydrogen) atoms. The highest BCUT2D eigenvalue weighted by molar-refractivity contribution is 5.87. The van der Waals surface area contributed by atoms with Crippen LogP contribution in [0.25, 0.3) is 6.08 Å². The van der Waals surface area contributed by atoms with E-state index >= 15 is 0 Å². The first-order chi connectivity index (χ1) is 11.0. The van der Waals surface area contributed by atoms with Crippen molar-refractivity contribution in [3.63, 3.8) is 0 Å². The second-order valence-electron chi connectivity index (χ2n) is 5.51. The third-order valence-electron chi connectivity index (χ3n) is 3.75. The summed E-state index contributed by atoms with van der Waals surface area (Å²) in [6.07, 6.45) is 0.349. The SMILES string of the molecule is CCO[C@H]1C[C@H](O)[C@@H](O)[C@H](OC(=O)/C=C/c2ccc(O)cc2)C1. The molecule has 2 rings (SSSR count). The van der Waals surface area contributed by atoms with Gasteiger partial charge in [-0.1, -0.05) is 12.1 Å². The van der Waals surface area contributed by atoms with Gasteiger partial charge in [-0.05, 0) is 30.7 Å². The number of ether oxygens (including phenoxy) is 2. The maximum Gasteiger partial charge on any atom is 0.331 e. The Morgan fingerprint density at radius 2 is 1.96 bits per heavy atom. The Balaban J connectivity index is 1.93. The van der Waals surface area contributed by atoms with Gasteiger partial charge in [-0.2, -0.15) is 0 Å². The van der Waals surface area contributed by atoms with Gasteiger partial charge in [-0.25, -0.2) is 4.79 Å². The Morgan fingerprint density at radius 3 is 2.61 bits per heavy atom. The lowest BCUT2D eigenvalue weighted by Gasteiger charge is -2.35. The Hall–Kier alpha value is -1.89. The van der Waals surface area contributed by atoms with E-state index in [1.807, 2.05) is 6.92 Å².